The number of rotatable bonds is 6. The number of aromatic nitrogens is 1. The van der Waals surface area contributed by atoms with Crippen molar-refractivity contribution in [1.82, 2.24) is 20.7 Å². The van der Waals surface area contributed by atoms with Crippen LogP contribution in [0.25, 0.3) is 22.2 Å². The summed E-state index contributed by atoms with van der Waals surface area (Å²) in [5, 5.41) is 12.0. The van der Waals surface area contributed by atoms with Crippen LogP contribution in [0.2, 0.25) is 0 Å². The summed E-state index contributed by atoms with van der Waals surface area (Å²) in [6.07, 6.45) is 0. The van der Waals surface area contributed by atoms with Gasteiger partial charge in [0.25, 0.3) is 23.4 Å². The summed E-state index contributed by atoms with van der Waals surface area (Å²) < 4.78 is 0. The summed E-state index contributed by atoms with van der Waals surface area (Å²) in [7, 11) is 0. The average Bonchev–Trinajstić information content (AvgIpc) is 3.51. The molecule has 10 heteroatoms. The van der Waals surface area contributed by atoms with Crippen LogP contribution in [0.4, 0.5) is 5.69 Å². The van der Waals surface area contributed by atoms with Gasteiger partial charge in [0.1, 0.15) is 6.54 Å². The normalized spacial score (nSPS) is 14.1. The van der Waals surface area contributed by atoms with E-state index in [1.807, 2.05) is 66.7 Å². The van der Waals surface area contributed by atoms with E-state index in [0.29, 0.717) is 11.1 Å². The summed E-state index contributed by atoms with van der Waals surface area (Å²) in [5.41, 5.74) is 9.93. The zero-order chi connectivity index (χ0) is 29.4. The number of hydrogen-bond acceptors (Lipinski definition) is 5. The Balaban J connectivity index is 1.31. The lowest BCUT2D eigenvalue weighted by Gasteiger charge is -2.26. The van der Waals surface area contributed by atoms with Crippen LogP contribution in [0.1, 0.15) is 43.4 Å². The third kappa shape index (κ3) is 4.64. The zero-order valence-electron chi connectivity index (χ0n) is 22.5. The smallest absolute Gasteiger partial charge is 0.272 e. The molecule has 1 aromatic heterocycles. The lowest BCUT2D eigenvalue weighted by atomic mass is 9.93. The fourth-order valence-electron chi connectivity index (χ4n) is 5.52. The van der Waals surface area contributed by atoms with Crippen LogP contribution in [-0.4, -0.2) is 39.1 Å². The molecule has 0 spiro atoms. The van der Waals surface area contributed by atoms with Crippen LogP contribution < -0.4 is 10.9 Å². The first-order chi connectivity index (χ1) is 20.3. The van der Waals surface area contributed by atoms with Gasteiger partial charge in [-0.25, -0.2) is 0 Å². The van der Waals surface area contributed by atoms with Crippen LogP contribution >= 0.6 is 0 Å². The van der Waals surface area contributed by atoms with E-state index >= 15 is 0 Å². The van der Waals surface area contributed by atoms with E-state index in [1.54, 1.807) is 12.1 Å². The number of carbonyl (C=O) groups excluding carboxylic acids is 3. The van der Waals surface area contributed by atoms with Crippen LogP contribution in [0, 0.1) is 17.0 Å². The number of fused-ring (bicyclic) bond motifs is 2. The highest BCUT2D eigenvalue weighted by Crippen LogP contribution is 2.45. The van der Waals surface area contributed by atoms with Crippen molar-refractivity contribution in [3.8, 4) is 11.3 Å². The second kappa shape index (κ2) is 10.7. The Morgan fingerprint density at radius 1 is 0.929 bits per heavy atom. The van der Waals surface area contributed by atoms with Gasteiger partial charge in [0, 0.05) is 39.2 Å². The molecular formula is C32H25N5O5. The van der Waals surface area contributed by atoms with Gasteiger partial charge in [0.05, 0.1) is 16.7 Å². The number of aromatic amines is 1. The fraction of sp³-hybridized carbons (Fsp3) is 0.0938. The summed E-state index contributed by atoms with van der Waals surface area (Å²) >= 11 is 0. The van der Waals surface area contributed by atoms with Gasteiger partial charge in [0.2, 0.25) is 0 Å². The molecule has 4 aromatic carbocycles. The van der Waals surface area contributed by atoms with Crippen LogP contribution in [0.3, 0.4) is 0 Å². The van der Waals surface area contributed by atoms with Crippen LogP contribution in [0.15, 0.2) is 97.1 Å². The van der Waals surface area contributed by atoms with Crippen molar-refractivity contribution < 1.29 is 19.3 Å². The number of para-hydroxylation sites is 1. The summed E-state index contributed by atoms with van der Waals surface area (Å²) in [5.74, 6) is -1.54. The molecule has 1 aliphatic rings. The van der Waals surface area contributed by atoms with Gasteiger partial charge in [-0.1, -0.05) is 66.7 Å². The predicted octanol–water partition coefficient (Wildman–Crippen LogP) is 5.06. The number of nitro benzene ring substituents is 1. The molecule has 6 rings (SSSR count). The minimum Gasteiger partial charge on any atom is -0.354 e. The largest absolute Gasteiger partial charge is 0.354 e. The minimum absolute atomic E-state index is 0.110. The molecule has 0 aliphatic carbocycles. The number of nitrogens with zero attached hydrogens (tertiary/aromatic N) is 2. The maximum Gasteiger partial charge on any atom is 0.272 e. The first-order valence-electron chi connectivity index (χ1n) is 13.2. The number of amides is 3. The SMILES string of the molecule is Cc1cc(C(=O)NNC(=O)CN2C(=O)c3ccccc3C2c2c(-c3ccccc3)[nH]c3ccccc23)ccc1[N+](=O)[O-]. The lowest BCUT2D eigenvalue weighted by molar-refractivity contribution is -0.385. The van der Waals surface area contributed by atoms with Crippen molar-refractivity contribution in [2.75, 3.05) is 6.54 Å². The molecule has 1 aliphatic heterocycles. The van der Waals surface area contributed by atoms with Crippen molar-refractivity contribution in [1.29, 1.82) is 0 Å². The van der Waals surface area contributed by atoms with E-state index in [0.717, 1.165) is 33.3 Å². The molecule has 42 heavy (non-hydrogen) atoms. The third-order valence-electron chi connectivity index (χ3n) is 7.43. The zero-order valence-corrected chi connectivity index (χ0v) is 22.5. The Morgan fingerprint density at radius 2 is 1.64 bits per heavy atom. The molecule has 0 fully saturated rings. The van der Waals surface area contributed by atoms with Crippen molar-refractivity contribution in [2.45, 2.75) is 13.0 Å². The highest BCUT2D eigenvalue weighted by Gasteiger charge is 2.41. The number of benzene rings is 4. The molecule has 1 unspecified atom stereocenters. The molecule has 10 nitrogen and oxygen atoms in total. The Hall–Kier alpha value is -5.77. The van der Waals surface area contributed by atoms with Gasteiger partial charge in [-0.15, -0.1) is 0 Å². The predicted molar refractivity (Wildman–Crippen MR) is 156 cm³/mol. The highest BCUT2D eigenvalue weighted by molar-refractivity contribution is 6.04. The van der Waals surface area contributed by atoms with Gasteiger partial charge in [-0.05, 0) is 42.3 Å². The second-order valence-electron chi connectivity index (χ2n) is 10.0. The molecule has 5 aromatic rings. The van der Waals surface area contributed by atoms with Crippen molar-refractivity contribution in [3.63, 3.8) is 0 Å². The third-order valence-corrected chi connectivity index (χ3v) is 7.43. The van der Waals surface area contributed by atoms with Crippen LogP contribution in [0.5, 0.6) is 0 Å². The minimum atomic E-state index is -0.642. The average molecular weight is 560 g/mol. The van der Waals surface area contributed by atoms with Gasteiger partial charge < -0.3 is 9.88 Å². The number of aryl methyl sites for hydroxylation is 1. The standard InChI is InChI=1S/C32H25N5O5/c1-19-17-21(15-16-26(19)37(41)42)31(39)35-34-27(38)18-36-30(22-11-5-6-12-23(22)32(36)40)28-24-13-7-8-14-25(24)33-29(28)20-9-3-2-4-10-20/h2-17,30,33H,18H2,1H3,(H,34,38)(H,35,39). The van der Waals surface area contributed by atoms with Gasteiger partial charge in [0.15, 0.2) is 0 Å². The lowest BCUT2D eigenvalue weighted by Crippen LogP contribution is -2.47. The summed E-state index contributed by atoms with van der Waals surface area (Å²) in [6.45, 7) is 1.20. The second-order valence-corrected chi connectivity index (χ2v) is 10.0. The van der Waals surface area contributed by atoms with E-state index in [1.165, 1.54) is 30.0 Å². The topological polar surface area (TPSA) is 137 Å². The van der Waals surface area contributed by atoms with E-state index in [-0.39, 0.29) is 23.7 Å². The van der Waals surface area contributed by atoms with Crippen molar-refractivity contribution in [3.05, 3.63) is 135 Å². The molecule has 0 radical (unpaired) electrons. The maximum atomic E-state index is 13.7. The molecule has 2 heterocycles. The van der Waals surface area contributed by atoms with E-state index in [4.69, 9.17) is 0 Å². The molecular weight excluding hydrogens is 534 g/mol. The monoisotopic (exact) mass is 559 g/mol. The van der Waals surface area contributed by atoms with Gasteiger partial charge >= 0.3 is 0 Å². The number of H-pyrrole nitrogens is 1. The number of nitro groups is 1. The Bertz CT molecular complexity index is 1880. The first-order valence-corrected chi connectivity index (χ1v) is 13.2. The summed E-state index contributed by atoms with van der Waals surface area (Å²) in [4.78, 5) is 55.1. The van der Waals surface area contributed by atoms with E-state index < -0.39 is 22.8 Å². The van der Waals surface area contributed by atoms with Gasteiger partial charge in [-0.2, -0.15) is 0 Å². The Labute approximate surface area is 240 Å². The Kier molecular flexibility index (Phi) is 6.71. The van der Waals surface area contributed by atoms with Crippen molar-refractivity contribution >= 4 is 34.3 Å². The highest BCUT2D eigenvalue weighted by atomic mass is 16.6. The molecule has 0 saturated carbocycles. The number of carbonyl (C=O) groups is 3. The summed E-state index contributed by atoms with van der Waals surface area (Å²) in [6, 6.07) is 28.3. The van der Waals surface area contributed by atoms with Crippen LogP contribution in [-0.2, 0) is 4.79 Å². The van der Waals surface area contributed by atoms with Gasteiger partial charge in [-0.3, -0.25) is 35.3 Å². The van der Waals surface area contributed by atoms with Crippen molar-refractivity contribution in [2.24, 2.45) is 0 Å². The molecule has 0 saturated heterocycles. The fourth-order valence-corrected chi connectivity index (χ4v) is 5.52. The Morgan fingerprint density at radius 3 is 2.40 bits per heavy atom. The number of hydrazine groups is 1. The molecule has 3 amide bonds. The molecule has 1 atom stereocenters. The van der Waals surface area contributed by atoms with E-state index in [2.05, 4.69) is 15.8 Å². The molecule has 3 N–H and O–H groups in total. The molecule has 208 valence electrons. The maximum absolute atomic E-state index is 13.7. The van der Waals surface area contributed by atoms with E-state index in [9.17, 15) is 24.5 Å². The number of nitrogens with one attached hydrogen (secondary N) is 3. The molecule has 0 bridgehead atoms. The number of hydrogen-bond donors (Lipinski definition) is 3. The first kappa shape index (κ1) is 26.5. The quantitative estimate of drug-likeness (QED) is 0.197.